The molecule has 0 bridgehead atoms. The van der Waals surface area contributed by atoms with Gasteiger partial charge < -0.3 is 10.1 Å². The average molecular weight is 318 g/mol. The van der Waals surface area contributed by atoms with E-state index >= 15 is 0 Å². The van der Waals surface area contributed by atoms with Crippen molar-refractivity contribution < 1.29 is 4.74 Å². The standard InChI is InChI=1S/C16H25Cl2NO/c1-4-12(5-2)14(11-19-8-9-20-3)13-6-7-15(17)16(18)10-13/h6-7,10,12,14,19H,4-5,8-9,11H2,1-3H3. The maximum atomic E-state index is 6.16. The monoisotopic (exact) mass is 317 g/mol. The minimum Gasteiger partial charge on any atom is -0.383 e. The molecule has 0 aromatic heterocycles. The Morgan fingerprint density at radius 1 is 1.15 bits per heavy atom. The molecule has 0 aliphatic heterocycles. The third-order valence-electron chi connectivity index (χ3n) is 3.84. The molecule has 0 spiro atoms. The maximum Gasteiger partial charge on any atom is 0.0595 e. The lowest BCUT2D eigenvalue weighted by molar-refractivity contribution is 0.197. The first-order chi connectivity index (χ1) is 9.63. The first-order valence-corrected chi connectivity index (χ1v) is 8.04. The van der Waals surface area contributed by atoms with Gasteiger partial charge in [-0.05, 0) is 29.5 Å². The quantitative estimate of drug-likeness (QED) is 0.664. The van der Waals surface area contributed by atoms with E-state index < -0.39 is 0 Å². The molecular weight excluding hydrogens is 293 g/mol. The number of benzene rings is 1. The Morgan fingerprint density at radius 2 is 1.85 bits per heavy atom. The summed E-state index contributed by atoms with van der Waals surface area (Å²) in [5.74, 6) is 1.10. The Labute approximate surface area is 132 Å². The number of hydrogen-bond donors (Lipinski definition) is 1. The van der Waals surface area contributed by atoms with Crippen molar-refractivity contribution in [1.82, 2.24) is 5.32 Å². The van der Waals surface area contributed by atoms with E-state index in [0.29, 0.717) is 21.9 Å². The summed E-state index contributed by atoms with van der Waals surface area (Å²) in [6.07, 6.45) is 2.32. The lowest BCUT2D eigenvalue weighted by Crippen LogP contribution is -2.28. The third kappa shape index (κ3) is 5.25. The van der Waals surface area contributed by atoms with Gasteiger partial charge in [0.05, 0.1) is 16.7 Å². The zero-order valence-corrected chi connectivity index (χ0v) is 14.1. The van der Waals surface area contributed by atoms with Crippen molar-refractivity contribution in [3.63, 3.8) is 0 Å². The van der Waals surface area contributed by atoms with Gasteiger partial charge in [-0.1, -0.05) is 56.0 Å². The van der Waals surface area contributed by atoms with E-state index in [0.717, 1.165) is 32.5 Å². The van der Waals surface area contributed by atoms with Crippen LogP contribution >= 0.6 is 23.2 Å². The van der Waals surface area contributed by atoms with Gasteiger partial charge in [0.15, 0.2) is 0 Å². The Kier molecular flexibility index (Phi) is 8.55. The van der Waals surface area contributed by atoms with Crippen LogP contribution in [0, 0.1) is 5.92 Å². The van der Waals surface area contributed by atoms with Gasteiger partial charge in [-0.15, -0.1) is 0 Å². The van der Waals surface area contributed by atoms with E-state index in [9.17, 15) is 0 Å². The molecule has 1 rings (SSSR count). The zero-order chi connectivity index (χ0) is 15.0. The van der Waals surface area contributed by atoms with Crippen LogP contribution in [0.15, 0.2) is 18.2 Å². The van der Waals surface area contributed by atoms with Crippen LogP contribution in [-0.4, -0.2) is 26.8 Å². The van der Waals surface area contributed by atoms with Crippen molar-refractivity contribution in [2.45, 2.75) is 32.6 Å². The molecule has 1 aromatic rings. The van der Waals surface area contributed by atoms with E-state index in [1.54, 1.807) is 7.11 Å². The van der Waals surface area contributed by atoms with Crippen molar-refractivity contribution >= 4 is 23.2 Å². The van der Waals surface area contributed by atoms with Crippen molar-refractivity contribution in [2.24, 2.45) is 5.92 Å². The topological polar surface area (TPSA) is 21.3 Å². The highest BCUT2D eigenvalue weighted by molar-refractivity contribution is 6.42. The Bertz CT molecular complexity index is 394. The van der Waals surface area contributed by atoms with Gasteiger partial charge in [-0.25, -0.2) is 0 Å². The molecule has 1 atom stereocenters. The summed E-state index contributed by atoms with van der Waals surface area (Å²) < 4.78 is 5.08. The van der Waals surface area contributed by atoms with Crippen LogP contribution in [0.2, 0.25) is 10.0 Å². The lowest BCUT2D eigenvalue weighted by Gasteiger charge is -2.26. The summed E-state index contributed by atoms with van der Waals surface area (Å²) in [6, 6.07) is 5.99. The predicted molar refractivity (Wildman–Crippen MR) is 88.0 cm³/mol. The molecule has 0 aliphatic carbocycles. The van der Waals surface area contributed by atoms with Gasteiger partial charge in [-0.2, -0.15) is 0 Å². The molecule has 0 saturated carbocycles. The smallest absolute Gasteiger partial charge is 0.0595 e. The van der Waals surface area contributed by atoms with Crippen LogP contribution in [0.3, 0.4) is 0 Å². The molecule has 1 N–H and O–H groups in total. The molecule has 4 heteroatoms. The summed E-state index contributed by atoms with van der Waals surface area (Å²) >= 11 is 12.2. The molecule has 114 valence electrons. The first kappa shape index (κ1) is 17.8. The Balaban J connectivity index is 2.82. The summed E-state index contributed by atoms with van der Waals surface area (Å²) in [5.41, 5.74) is 1.26. The lowest BCUT2D eigenvalue weighted by atomic mass is 9.82. The van der Waals surface area contributed by atoms with Crippen LogP contribution in [0.1, 0.15) is 38.2 Å². The second kappa shape index (κ2) is 9.62. The third-order valence-corrected chi connectivity index (χ3v) is 4.58. The number of methoxy groups -OCH3 is 1. The number of rotatable bonds is 9. The molecule has 1 aromatic carbocycles. The minimum absolute atomic E-state index is 0.455. The number of hydrogen-bond acceptors (Lipinski definition) is 2. The molecule has 0 heterocycles. The van der Waals surface area contributed by atoms with Crippen LogP contribution in [0.5, 0.6) is 0 Å². The van der Waals surface area contributed by atoms with Gasteiger partial charge in [0.2, 0.25) is 0 Å². The van der Waals surface area contributed by atoms with Gasteiger partial charge in [0, 0.05) is 20.2 Å². The summed E-state index contributed by atoms with van der Waals surface area (Å²) in [7, 11) is 1.72. The van der Waals surface area contributed by atoms with E-state index in [2.05, 4.69) is 25.2 Å². The van der Waals surface area contributed by atoms with E-state index in [1.165, 1.54) is 5.56 Å². The second-order valence-corrected chi connectivity index (χ2v) is 5.87. The van der Waals surface area contributed by atoms with Crippen LogP contribution in [0.25, 0.3) is 0 Å². The fraction of sp³-hybridized carbons (Fsp3) is 0.625. The van der Waals surface area contributed by atoms with E-state index in [1.807, 2.05) is 12.1 Å². The minimum atomic E-state index is 0.455. The molecule has 0 amide bonds. The molecule has 0 aliphatic rings. The average Bonchev–Trinajstić information content (AvgIpc) is 2.45. The number of ether oxygens (including phenoxy) is 1. The zero-order valence-electron chi connectivity index (χ0n) is 12.6. The van der Waals surface area contributed by atoms with E-state index in [-0.39, 0.29) is 0 Å². The highest BCUT2D eigenvalue weighted by Crippen LogP contribution is 2.33. The number of halogens is 2. The molecular formula is C16H25Cl2NO. The summed E-state index contributed by atoms with van der Waals surface area (Å²) in [4.78, 5) is 0. The predicted octanol–water partition coefficient (Wildman–Crippen LogP) is 4.75. The van der Waals surface area contributed by atoms with Crippen LogP contribution in [0.4, 0.5) is 0 Å². The highest BCUT2D eigenvalue weighted by Gasteiger charge is 2.20. The fourth-order valence-electron chi connectivity index (χ4n) is 2.59. The molecule has 1 unspecified atom stereocenters. The van der Waals surface area contributed by atoms with Gasteiger partial charge in [-0.3, -0.25) is 0 Å². The van der Waals surface area contributed by atoms with Crippen LogP contribution in [-0.2, 0) is 4.74 Å². The molecule has 0 radical (unpaired) electrons. The van der Waals surface area contributed by atoms with Crippen LogP contribution < -0.4 is 5.32 Å². The van der Waals surface area contributed by atoms with Gasteiger partial charge in [0.1, 0.15) is 0 Å². The Hall–Kier alpha value is -0.280. The maximum absolute atomic E-state index is 6.16. The van der Waals surface area contributed by atoms with Crippen molar-refractivity contribution in [3.8, 4) is 0 Å². The van der Waals surface area contributed by atoms with Crippen molar-refractivity contribution in [1.29, 1.82) is 0 Å². The van der Waals surface area contributed by atoms with Crippen molar-refractivity contribution in [3.05, 3.63) is 33.8 Å². The normalized spacial score (nSPS) is 12.9. The number of nitrogens with one attached hydrogen (secondary N) is 1. The molecule has 0 saturated heterocycles. The first-order valence-electron chi connectivity index (χ1n) is 7.28. The Morgan fingerprint density at radius 3 is 2.40 bits per heavy atom. The summed E-state index contributed by atoms with van der Waals surface area (Å²) in [5, 5.41) is 4.72. The molecule has 20 heavy (non-hydrogen) atoms. The molecule has 0 fully saturated rings. The van der Waals surface area contributed by atoms with Gasteiger partial charge in [0.25, 0.3) is 0 Å². The van der Waals surface area contributed by atoms with Crippen molar-refractivity contribution in [2.75, 3.05) is 26.8 Å². The SMILES string of the molecule is CCC(CC)C(CNCCOC)c1ccc(Cl)c(Cl)c1. The highest BCUT2D eigenvalue weighted by atomic mass is 35.5. The second-order valence-electron chi connectivity index (χ2n) is 5.05. The largest absolute Gasteiger partial charge is 0.383 e. The molecule has 2 nitrogen and oxygen atoms in total. The van der Waals surface area contributed by atoms with Gasteiger partial charge >= 0.3 is 0 Å². The summed E-state index contributed by atoms with van der Waals surface area (Å²) in [6.45, 7) is 7.03. The van der Waals surface area contributed by atoms with E-state index in [4.69, 9.17) is 27.9 Å². The fourth-order valence-corrected chi connectivity index (χ4v) is 2.90.